The predicted octanol–water partition coefficient (Wildman–Crippen LogP) is 4.88. The van der Waals surface area contributed by atoms with Gasteiger partial charge in [0, 0.05) is 49.7 Å². The molecule has 0 bridgehead atoms. The molecule has 4 aromatic rings. The van der Waals surface area contributed by atoms with Crippen LogP contribution in [0.15, 0.2) is 42.6 Å². The molecule has 11 nitrogen and oxygen atoms in total. The van der Waals surface area contributed by atoms with Crippen molar-refractivity contribution in [3.05, 3.63) is 76.1 Å². The van der Waals surface area contributed by atoms with Crippen molar-refractivity contribution in [1.82, 2.24) is 29.5 Å². The third kappa shape index (κ3) is 6.06. The standard InChI is InChI=1S/C35H42N8O3/c1-6-22-10-8-11-23(7-2)29(22)38-33(44)31-26-14-12-25-21-36-35(39-30(25)32(26)42(4)40-31)37-27-15-13-24(20-28(27)46-5)34(45)43-17-9-16-41(3)18-19-43/h8,10-11,13,15,20-21H,6-7,9,12,14,16-19H2,1-5H3,(H,38,44)(H,36,37,39). The summed E-state index contributed by atoms with van der Waals surface area (Å²) in [6.45, 7) is 7.46. The number of para-hydroxylation sites is 1. The average molecular weight is 623 g/mol. The van der Waals surface area contributed by atoms with Gasteiger partial charge in [0.2, 0.25) is 5.95 Å². The maximum Gasteiger partial charge on any atom is 0.276 e. The first kappa shape index (κ1) is 31.2. The topological polar surface area (TPSA) is 118 Å². The Bertz CT molecular complexity index is 1760. The minimum Gasteiger partial charge on any atom is -0.495 e. The van der Waals surface area contributed by atoms with Gasteiger partial charge >= 0.3 is 0 Å². The van der Waals surface area contributed by atoms with E-state index in [4.69, 9.17) is 9.72 Å². The Labute approximate surface area is 270 Å². The van der Waals surface area contributed by atoms with E-state index in [9.17, 15) is 9.59 Å². The number of carbonyl (C=O) groups excluding carboxylic acids is 2. The second-order valence-electron chi connectivity index (χ2n) is 12.0. The van der Waals surface area contributed by atoms with Crippen LogP contribution in [0.1, 0.15) is 63.4 Å². The Morgan fingerprint density at radius 3 is 2.50 bits per heavy atom. The van der Waals surface area contributed by atoms with Crippen molar-refractivity contribution in [1.29, 1.82) is 0 Å². The molecule has 0 unspecified atom stereocenters. The molecule has 3 heterocycles. The second kappa shape index (κ2) is 13.3. The van der Waals surface area contributed by atoms with Gasteiger partial charge in [-0.25, -0.2) is 9.97 Å². The lowest BCUT2D eigenvalue weighted by Gasteiger charge is -2.21. The SMILES string of the molecule is CCc1cccc(CC)c1NC(=O)c1nn(C)c2c1CCc1cnc(Nc3ccc(C(=O)N4CCCN(C)CC4)cc3OC)nc1-2. The van der Waals surface area contributed by atoms with Gasteiger partial charge in [-0.1, -0.05) is 32.0 Å². The summed E-state index contributed by atoms with van der Waals surface area (Å²) in [6, 6.07) is 11.6. The number of ether oxygens (including phenoxy) is 1. The van der Waals surface area contributed by atoms with Crippen LogP contribution in [0.5, 0.6) is 5.75 Å². The highest BCUT2D eigenvalue weighted by atomic mass is 16.5. The third-order valence-electron chi connectivity index (χ3n) is 9.03. The maximum atomic E-state index is 13.7. The number of hydrogen-bond acceptors (Lipinski definition) is 8. The number of hydrogen-bond donors (Lipinski definition) is 2. The quantitative estimate of drug-likeness (QED) is 0.286. The molecule has 240 valence electrons. The number of anilines is 3. The van der Waals surface area contributed by atoms with Crippen LogP contribution in [0, 0.1) is 0 Å². The molecule has 11 heteroatoms. The number of benzene rings is 2. The van der Waals surface area contributed by atoms with E-state index in [1.807, 2.05) is 36.3 Å². The Hall–Kier alpha value is -4.77. The fourth-order valence-corrected chi connectivity index (χ4v) is 6.45. The Balaban J connectivity index is 1.25. The van der Waals surface area contributed by atoms with Crippen molar-refractivity contribution in [3.8, 4) is 17.1 Å². The molecule has 1 saturated heterocycles. The highest BCUT2D eigenvalue weighted by Gasteiger charge is 2.30. The van der Waals surface area contributed by atoms with Crippen molar-refractivity contribution in [2.45, 2.75) is 46.0 Å². The molecular weight excluding hydrogens is 580 g/mol. The van der Waals surface area contributed by atoms with Crippen LogP contribution in [0.25, 0.3) is 11.4 Å². The van der Waals surface area contributed by atoms with E-state index in [0.29, 0.717) is 48.0 Å². The number of fused-ring (bicyclic) bond motifs is 3. The molecule has 0 spiro atoms. The van der Waals surface area contributed by atoms with Crippen molar-refractivity contribution >= 4 is 29.1 Å². The van der Waals surface area contributed by atoms with E-state index in [2.05, 4.69) is 58.6 Å². The van der Waals surface area contributed by atoms with E-state index < -0.39 is 0 Å². The normalized spacial score (nSPS) is 14.7. The number of carbonyl (C=O) groups is 2. The second-order valence-corrected chi connectivity index (χ2v) is 12.0. The summed E-state index contributed by atoms with van der Waals surface area (Å²) in [7, 11) is 5.51. The summed E-state index contributed by atoms with van der Waals surface area (Å²) in [4.78, 5) is 40.6. The molecule has 0 atom stereocenters. The molecule has 2 aliphatic rings. The van der Waals surface area contributed by atoms with E-state index in [-0.39, 0.29) is 11.8 Å². The van der Waals surface area contributed by atoms with Crippen LogP contribution in [-0.2, 0) is 32.7 Å². The Morgan fingerprint density at radius 2 is 1.76 bits per heavy atom. The molecule has 2 aromatic carbocycles. The summed E-state index contributed by atoms with van der Waals surface area (Å²) < 4.78 is 7.42. The fourth-order valence-electron chi connectivity index (χ4n) is 6.45. The van der Waals surface area contributed by atoms with Crippen LogP contribution in [0.3, 0.4) is 0 Å². The van der Waals surface area contributed by atoms with Gasteiger partial charge in [0.1, 0.15) is 5.75 Å². The zero-order valence-electron chi connectivity index (χ0n) is 27.3. The maximum absolute atomic E-state index is 13.7. The molecule has 1 aliphatic carbocycles. The minimum atomic E-state index is -0.213. The lowest BCUT2D eigenvalue weighted by Crippen LogP contribution is -2.34. The number of aromatic nitrogens is 4. The molecule has 1 fully saturated rings. The van der Waals surface area contributed by atoms with Crippen LogP contribution < -0.4 is 15.4 Å². The Kier molecular flexibility index (Phi) is 9.03. The zero-order valence-corrected chi connectivity index (χ0v) is 27.3. The van der Waals surface area contributed by atoms with Crippen LogP contribution in [0.4, 0.5) is 17.3 Å². The molecule has 2 N–H and O–H groups in total. The van der Waals surface area contributed by atoms with E-state index in [1.54, 1.807) is 17.9 Å². The summed E-state index contributed by atoms with van der Waals surface area (Å²) in [5, 5.41) is 11.1. The molecule has 6 rings (SSSR count). The number of methoxy groups -OCH3 is 1. The summed E-state index contributed by atoms with van der Waals surface area (Å²) in [5.74, 6) is 0.696. The number of amides is 2. The van der Waals surface area contributed by atoms with Gasteiger partial charge in [-0.15, -0.1) is 0 Å². The third-order valence-corrected chi connectivity index (χ3v) is 9.03. The lowest BCUT2D eigenvalue weighted by atomic mass is 9.93. The summed E-state index contributed by atoms with van der Waals surface area (Å²) in [6.07, 6.45) is 5.79. The molecule has 2 amide bonds. The Morgan fingerprint density at radius 1 is 0.978 bits per heavy atom. The van der Waals surface area contributed by atoms with Crippen molar-refractivity contribution in [2.24, 2.45) is 7.05 Å². The molecule has 0 radical (unpaired) electrons. The van der Waals surface area contributed by atoms with Crippen LogP contribution in [0.2, 0.25) is 0 Å². The largest absolute Gasteiger partial charge is 0.495 e. The van der Waals surface area contributed by atoms with Gasteiger partial charge in [0.25, 0.3) is 11.8 Å². The van der Waals surface area contributed by atoms with Gasteiger partial charge in [-0.2, -0.15) is 5.10 Å². The first-order valence-electron chi connectivity index (χ1n) is 16.1. The summed E-state index contributed by atoms with van der Waals surface area (Å²) in [5.41, 5.74) is 8.17. The fraction of sp³-hybridized carbons (Fsp3) is 0.400. The molecule has 46 heavy (non-hydrogen) atoms. The zero-order chi connectivity index (χ0) is 32.4. The van der Waals surface area contributed by atoms with Crippen molar-refractivity contribution in [2.75, 3.05) is 51.0 Å². The average Bonchev–Trinajstić information content (AvgIpc) is 3.27. The number of likely N-dealkylation sites (N-methyl/N-ethyl adjacent to an activating group) is 1. The lowest BCUT2D eigenvalue weighted by molar-refractivity contribution is 0.0762. The van der Waals surface area contributed by atoms with Crippen LogP contribution >= 0.6 is 0 Å². The van der Waals surface area contributed by atoms with Gasteiger partial charge in [-0.3, -0.25) is 14.3 Å². The molecule has 2 aromatic heterocycles. The number of rotatable bonds is 8. The number of nitrogens with zero attached hydrogens (tertiary/aromatic N) is 6. The van der Waals surface area contributed by atoms with E-state index in [1.165, 1.54) is 0 Å². The van der Waals surface area contributed by atoms with Gasteiger partial charge in [-0.05, 0) is 80.6 Å². The first-order valence-corrected chi connectivity index (χ1v) is 16.1. The predicted molar refractivity (Wildman–Crippen MR) is 179 cm³/mol. The van der Waals surface area contributed by atoms with Gasteiger partial charge < -0.3 is 25.2 Å². The summed E-state index contributed by atoms with van der Waals surface area (Å²) >= 11 is 0. The van der Waals surface area contributed by atoms with E-state index >= 15 is 0 Å². The number of aryl methyl sites for hydroxylation is 4. The monoisotopic (exact) mass is 622 g/mol. The molecular formula is C35H42N8O3. The van der Waals surface area contributed by atoms with Crippen molar-refractivity contribution < 1.29 is 14.3 Å². The van der Waals surface area contributed by atoms with Crippen molar-refractivity contribution in [3.63, 3.8) is 0 Å². The van der Waals surface area contributed by atoms with Crippen LogP contribution in [-0.4, -0.2) is 81.7 Å². The number of nitrogens with one attached hydrogen (secondary N) is 2. The minimum absolute atomic E-state index is 0.00198. The first-order chi connectivity index (χ1) is 22.3. The molecule has 1 aliphatic heterocycles. The highest BCUT2D eigenvalue weighted by Crippen LogP contribution is 2.36. The van der Waals surface area contributed by atoms with Gasteiger partial charge in [0.05, 0.1) is 24.2 Å². The molecule has 0 saturated carbocycles. The van der Waals surface area contributed by atoms with E-state index in [0.717, 1.165) is 78.2 Å². The van der Waals surface area contributed by atoms with Gasteiger partial charge in [0.15, 0.2) is 5.69 Å². The smallest absolute Gasteiger partial charge is 0.276 e. The highest BCUT2D eigenvalue weighted by molar-refractivity contribution is 6.06.